The monoisotopic (exact) mass is 206 g/mol. The van der Waals surface area contributed by atoms with Crippen molar-refractivity contribution in [1.82, 2.24) is 0 Å². The number of rotatable bonds is 2. The molecule has 1 rings (SSSR count). The highest BCUT2D eigenvalue weighted by molar-refractivity contribution is 6.19. The van der Waals surface area contributed by atoms with Crippen molar-refractivity contribution >= 4 is 17.7 Å². The molecule has 0 spiro atoms. The van der Waals surface area contributed by atoms with E-state index in [1.165, 1.54) is 12.2 Å². The van der Waals surface area contributed by atoms with Crippen molar-refractivity contribution in [3.8, 4) is 0 Å². The summed E-state index contributed by atoms with van der Waals surface area (Å²) in [5, 5.41) is 0. The molecule has 1 aromatic rings. The minimum Gasteiger partial charge on any atom is -0.204 e. The standard InChI is InChI=1S/C9H6ClF3/c10-5-1-2-6-3-4-7(11)9(13)8(6)12/h1-4H,5H2. The summed E-state index contributed by atoms with van der Waals surface area (Å²) >= 11 is 5.30. The molecule has 0 nitrogen and oxygen atoms in total. The van der Waals surface area contributed by atoms with Crippen LogP contribution in [0.1, 0.15) is 5.56 Å². The molecule has 0 bridgehead atoms. The molecule has 0 N–H and O–H groups in total. The molecule has 0 heterocycles. The number of alkyl halides is 1. The van der Waals surface area contributed by atoms with Gasteiger partial charge in [0.05, 0.1) is 0 Å². The molecule has 0 saturated heterocycles. The van der Waals surface area contributed by atoms with E-state index in [0.717, 1.165) is 12.1 Å². The van der Waals surface area contributed by atoms with E-state index in [0.29, 0.717) is 0 Å². The zero-order valence-corrected chi connectivity index (χ0v) is 7.28. The molecule has 13 heavy (non-hydrogen) atoms. The predicted molar refractivity (Wildman–Crippen MR) is 46.1 cm³/mol. The molecular formula is C9H6ClF3. The van der Waals surface area contributed by atoms with Crippen molar-refractivity contribution in [2.75, 3.05) is 5.88 Å². The van der Waals surface area contributed by atoms with Gasteiger partial charge < -0.3 is 0 Å². The minimum absolute atomic E-state index is 0.0143. The van der Waals surface area contributed by atoms with Crippen LogP contribution in [0.25, 0.3) is 6.08 Å². The van der Waals surface area contributed by atoms with Gasteiger partial charge in [-0.1, -0.05) is 12.2 Å². The summed E-state index contributed by atoms with van der Waals surface area (Å²) in [7, 11) is 0. The first kappa shape index (κ1) is 10.1. The highest BCUT2D eigenvalue weighted by Crippen LogP contribution is 2.16. The van der Waals surface area contributed by atoms with Crippen LogP contribution in [-0.4, -0.2) is 5.88 Å². The molecule has 70 valence electrons. The molecule has 0 aliphatic carbocycles. The van der Waals surface area contributed by atoms with Crippen LogP contribution in [0.2, 0.25) is 0 Å². The van der Waals surface area contributed by atoms with E-state index in [4.69, 9.17) is 11.6 Å². The molecule has 0 aliphatic rings. The summed E-state index contributed by atoms with van der Waals surface area (Å²) in [6.07, 6.45) is 2.74. The largest absolute Gasteiger partial charge is 0.204 e. The van der Waals surface area contributed by atoms with Crippen molar-refractivity contribution in [3.63, 3.8) is 0 Å². The zero-order chi connectivity index (χ0) is 9.84. The molecule has 0 saturated carbocycles. The molecule has 0 radical (unpaired) electrons. The minimum atomic E-state index is -1.46. The van der Waals surface area contributed by atoms with Crippen molar-refractivity contribution in [2.24, 2.45) is 0 Å². The number of hydrogen-bond acceptors (Lipinski definition) is 0. The molecule has 0 unspecified atom stereocenters. The molecule has 0 aliphatic heterocycles. The summed E-state index contributed by atoms with van der Waals surface area (Å²) in [6, 6.07) is 2.02. The number of halogens is 4. The smallest absolute Gasteiger partial charge is 0.195 e. The van der Waals surface area contributed by atoms with Crippen LogP contribution in [0.5, 0.6) is 0 Å². The van der Waals surface area contributed by atoms with Gasteiger partial charge in [-0.15, -0.1) is 11.6 Å². The maximum atomic E-state index is 12.9. The van der Waals surface area contributed by atoms with Crippen molar-refractivity contribution in [3.05, 3.63) is 41.2 Å². The van der Waals surface area contributed by atoms with Crippen LogP contribution in [0.15, 0.2) is 18.2 Å². The van der Waals surface area contributed by atoms with E-state index >= 15 is 0 Å². The quantitative estimate of drug-likeness (QED) is 0.514. The fourth-order valence-corrected chi connectivity index (χ4v) is 0.930. The Labute approximate surface area is 78.6 Å². The van der Waals surface area contributed by atoms with Gasteiger partial charge in [-0.3, -0.25) is 0 Å². The Morgan fingerprint density at radius 1 is 1.15 bits per heavy atom. The second kappa shape index (κ2) is 4.33. The van der Waals surface area contributed by atoms with Gasteiger partial charge in [-0.25, -0.2) is 13.2 Å². The van der Waals surface area contributed by atoms with Gasteiger partial charge in [-0.2, -0.15) is 0 Å². The van der Waals surface area contributed by atoms with Gasteiger partial charge in [0, 0.05) is 11.4 Å². The van der Waals surface area contributed by atoms with Crippen molar-refractivity contribution in [2.45, 2.75) is 0 Å². The normalized spacial score (nSPS) is 11.1. The maximum Gasteiger partial charge on any atom is 0.195 e. The summed E-state index contributed by atoms with van der Waals surface area (Å²) in [6.45, 7) is 0. The predicted octanol–water partition coefficient (Wildman–Crippen LogP) is 3.36. The number of hydrogen-bond donors (Lipinski definition) is 0. The van der Waals surface area contributed by atoms with E-state index < -0.39 is 17.5 Å². The van der Waals surface area contributed by atoms with E-state index in [1.54, 1.807) is 0 Å². The van der Waals surface area contributed by atoms with E-state index in [2.05, 4.69) is 0 Å². The Kier molecular flexibility index (Phi) is 3.37. The number of allylic oxidation sites excluding steroid dienone is 1. The molecule has 4 heteroatoms. The lowest BCUT2D eigenvalue weighted by molar-refractivity contribution is 0.446. The molecule has 1 aromatic carbocycles. The first-order chi connectivity index (χ1) is 6.16. The van der Waals surface area contributed by atoms with Crippen LogP contribution >= 0.6 is 11.6 Å². The molecule has 0 amide bonds. The van der Waals surface area contributed by atoms with Gasteiger partial charge in [0.1, 0.15) is 0 Å². The average molecular weight is 207 g/mol. The first-order valence-electron chi connectivity index (χ1n) is 3.53. The van der Waals surface area contributed by atoms with Gasteiger partial charge in [0.15, 0.2) is 17.5 Å². The second-order valence-electron chi connectivity index (χ2n) is 2.32. The van der Waals surface area contributed by atoms with Gasteiger partial charge in [-0.05, 0) is 12.1 Å². The lowest BCUT2D eigenvalue weighted by atomic mass is 10.2. The number of benzene rings is 1. The molecule has 0 atom stereocenters. The first-order valence-corrected chi connectivity index (χ1v) is 4.06. The van der Waals surface area contributed by atoms with Crippen LogP contribution in [0.3, 0.4) is 0 Å². The lowest BCUT2D eigenvalue weighted by Crippen LogP contribution is -1.92. The van der Waals surface area contributed by atoms with Crippen LogP contribution in [0.4, 0.5) is 13.2 Å². The highest BCUT2D eigenvalue weighted by Gasteiger charge is 2.10. The molecule has 0 aromatic heterocycles. The summed E-state index contributed by atoms with van der Waals surface area (Å²) < 4.78 is 37.9. The summed E-state index contributed by atoms with van der Waals surface area (Å²) in [4.78, 5) is 0. The van der Waals surface area contributed by atoms with E-state index in [9.17, 15) is 13.2 Å². The zero-order valence-electron chi connectivity index (χ0n) is 6.53. The topological polar surface area (TPSA) is 0 Å². The average Bonchev–Trinajstić information content (AvgIpc) is 2.13. The van der Waals surface area contributed by atoms with E-state index in [-0.39, 0.29) is 11.4 Å². The SMILES string of the molecule is Fc1ccc(C=CCCl)c(F)c1F. The van der Waals surface area contributed by atoms with Crippen molar-refractivity contribution in [1.29, 1.82) is 0 Å². The Morgan fingerprint density at radius 2 is 1.85 bits per heavy atom. The summed E-state index contributed by atoms with van der Waals surface area (Å²) in [5.41, 5.74) is -0.0143. The third-order valence-corrected chi connectivity index (χ3v) is 1.63. The maximum absolute atomic E-state index is 12.9. The highest BCUT2D eigenvalue weighted by atomic mass is 35.5. The second-order valence-corrected chi connectivity index (χ2v) is 2.63. The Bertz CT molecular complexity index is 334. The fraction of sp³-hybridized carbons (Fsp3) is 0.111. The fourth-order valence-electron chi connectivity index (χ4n) is 0.841. The Morgan fingerprint density at radius 3 is 2.46 bits per heavy atom. The van der Waals surface area contributed by atoms with Gasteiger partial charge >= 0.3 is 0 Å². The van der Waals surface area contributed by atoms with Crippen molar-refractivity contribution < 1.29 is 13.2 Å². The van der Waals surface area contributed by atoms with Crippen LogP contribution < -0.4 is 0 Å². The third-order valence-electron chi connectivity index (χ3n) is 1.45. The third kappa shape index (κ3) is 2.25. The van der Waals surface area contributed by atoms with Crippen LogP contribution in [-0.2, 0) is 0 Å². The van der Waals surface area contributed by atoms with Gasteiger partial charge in [0.2, 0.25) is 0 Å². The molecule has 0 fully saturated rings. The molecular weight excluding hydrogens is 201 g/mol. The van der Waals surface area contributed by atoms with E-state index in [1.807, 2.05) is 0 Å². The Hall–Kier alpha value is -0.960. The van der Waals surface area contributed by atoms with Gasteiger partial charge in [0.25, 0.3) is 0 Å². The summed E-state index contributed by atoms with van der Waals surface area (Å²) in [5.74, 6) is -3.66. The Balaban J connectivity index is 3.11. The van der Waals surface area contributed by atoms with Crippen LogP contribution in [0, 0.1) is 17.5 Å². The lowest BCUT2D eigenvalue weighted by Gasteiger charge is -1.98.